The Bertz CT molecular complexity index is 926. The standard InChI is InChI=1S/C20H23N3O3S2.ClH/c1-25-15-5-6-17-16(14-15)21-20(28-17)23(19(24)18-4-2-13-27-18)8-3-7-22-9-11-26-12-10-22;/h2,4-6,13-14H,3,7-12H2,1H3;1H. The van der Waals surface area contributed by atoms with Crippen molar-refractivity contribution in [3.63, 3.8) is 0 Å². The maximum absolute atomic E-state index is 13.1. The van der Waals surface area contributed by atoms with Gasteiger partial charge in [0.2, 0.25) is 0 Å². The van der Waals surface area contributed by atoms with E-state index in [1.165, 1.54) is 11.3 Å². The molecule has 1 amide bonds. The van der Waals surface area contributed by atoms with E-state index in [4.69, 9.17) is 14.5 Å². The molecule has 9 heteroatoms. The predicted molar refractivity (Wildman–Crippen MR) is 121 cm³/mol. The summed E-state index contributed by atoms with van der Waals surface area (Å²) in [7, 11) is 1.65. The fraction of sp³-hybridized carbons (Fsp3) is 0.400. The Kier molecular flexibility index (Phi) is 7.85. The van der Waals surface area contributed by atoms with Crippen LogP contribution in [0.4, 0.5) is 5.13 Å². The van der Waals surface area contributed by atoms with Crippen molar-refractivity contribution in [2.24, 2.45) is 0 Å². The van der Waals surface area contributed by atoms with E-state index in [1.54, 1.807) is 18.4 Å². The predicted octanol–water partition coefficient (Wildman–Crippen LogP) is 4.16. The van der Waals surface area contributed by atoms with Crippen LogP contribution >= 0.6 is 35.1 Å². The van der Waals surface area contributed by atoms with E-state index in [0.717, 1.165) is 65.2 Å². The normalized spacial score (nSPS) is 14.5. The average Bonchev–Trinajstić information content (AvgIpc) is 3.40. The van der Waals surface area contributed by atoms with E-state index in [-0.39, 0.29) is 18.3 Å². The molecule has 0 saturated carbocycles. The van der Waals surface area contributed by atoms with Crippen LogP contribution in [0.5, 0.6) is 5.75 Å². The zero-order valence-corrected chi connectivity index (χ0v) is 18.7. The van der Waals surface area contributed by atoms with Gasteiger partial charge < -0.3 is 9.47 Å². The highest BCUT2D eigenvalue weighted by Crippen LogP contribution is 2.32. The van der Waals surface area contributed by atoms with Gasteiger partial charge in [-0.15, -0.1) is 23.7 Å². The first-order chi connectivity index (χ1) is 13.7. The molecule has 0 aliphatic carbocycles. The van der Waals surface area contributed by atoms with Gasteiger partial charge in [0.05, 0.1) is 35.4 Å². The minimum atomic E-state index is 0. The van der Waals surface area contributed by atoms with Crippen molar-refractivity contribution in [1.82, 2.24) is 9.88 Å². The van der Waals surface area contributed by atoms with Gasteiger partial charge in [-0.3, -0.25) is 14.6 Å². The van der Waals surface area contributed by atoms with E-state index in [0.29, 0.717) is 6.54 Å². The van der Waals surface area contributed by atoms with Crippen LogP contribution in [-0.2, 0) is 4.74 Å². The highest BCUT2D eigenvalue weighted by atomic mass is 35.5. The summed E-state index contributed by atoms with van der Waals surface area (Å²) in [5, 5.41) is 2.67. The first kappa shape index (κ1) is 22.0. The Hall–Kier alpha value is -1.71. The van der Waals surface area contributed by atoms with Crippen molar-refractivity contribution in [3.05, 3.63) is 40.6 Å². The summed E-state index contributed by atoms with van der Waals surface area (Å²) >= 11 is 3.01. The van der Waals surface area contributed by atoms with E-state index in [2.05, 4.69) is 4.90 Å². The van der Waals surface area contributed by atoms with Gasteiger partial charge in [0.1, 0.15) is 5.75 Å². The topological polar surface area (TPSA) is 54.9 Å². The molecule has 2 aromatic heterocycles. The van der Waals surface area contributed by atoms with E-state index >= 15 is 0 Å². The van der Waals surface area contributed by atoms with Gasteiger partial charge in [-0.1, -0.05) is 17.4 Å². The number of thiophene rings is 1. The van der Waals surface area contributed by atoms with Crippen LogP contribution in [0.15, 0.2) is 35.7 Å². The third kappa shape index (κ3) is 5.26. The van der Waals surface area contributed by atoms with Crippen molar-refractivity contribution >= 4 is 56.3 Å². The number of hydrogen-bond donors (Lipinski definition) is 0. The Morgan fingerprint density at radius 2 is 2.14 bits per heavy atom. The summed E-state index contributed by atoms with van der Waals surface area (Å²) in [6.45, 7) is 5.09. The third-order valence-electron chi connectivity index (χ3n) is 4.75. The minimum Gasteiger partial charge on any atom is -0.497 e. The summed E-state index contributed by atoms with van der Waals surface area (Å²) in [5.74, 6) is 0.788. The van der Waals surface area contributed by atoms with Crippen LogP contribution < -0.4 is 9.64 Å². The average molecular weight is 454 g/mol. The molecule has 3 aromatic rings. The number of carbonyl (C=O) groups excluding carboxylic acids is 1. The van der Waals surface area contributed by atoms with Gasteiger partial charge in [0, 0.05) is 32.2 Å². The lowest BCUT2D eigenvalue weighted by Gasteiger charge is -2.27. The third-order valence-corrected chi connectivity index (χ3v) is 6.67. The molecule has 4 rings (SSSR count). The molecule has 0 spiro atoms. The molecule has 1 aliphatic rings. The number of thiazole rings is 1. The van der Waals surface area contributed by atoms with E-state index in [1.807, 2.05) is 40.6 Å². The molecule has 1 aliphatic heterocycles. The summed E-state index contributed by atoms with van der Waals surface area (Å²) in [6, 6.07) is 9.62. The Morgan fingerprint density at radius 1 is 1.31 bits per heavy atom. The number of morpholine rings is 1. The molecule has 0 atom stereocenters. The van der Waals surface area contributed by atoms with Gasteiger partial charge in [-0.05, 0) is 30.0 Å². The van der Waals surface area contributed by atoms with Crippen LogP contribution in [0.2, 0.25) is 0 Å². The number of halogens is 1. The summed E-state index contributed by atoms with van der Waals surface area (Å²) < 4.78 is 11.8. The molecule has 1 fully saturated rings. The second kappa shape index (κ2) is 10.4. The van der Waals surface area contributed by atoms with Crippen LogP contribution in [0, 0.1) is 0 Å². The maximum Gasteiger partial charge on any atom is 0.270 e. The number of nitrogens with zero attached hydrogens (tertiary/aromatic N) is 3. The first-order valence-corrected chi connectivity index (χ1v) is 11.0. The van der Waals surface area contributed by atoms with E-state index < -0.39 is 0 Å². The molecular formula is C20H24ClN3O3S2. The van der Waals surface area contributed by atoms with Gasteiger partial charge in [0.15, 0.2) is 5.13 Å². The largest absolute Gasteiger partial charge is 0.497 e. The van der Waals surface area contributed by atoms with Gasteiger partial charge in [-0.2, -0.15) is 0 Å². The Labute approximate surface area is 184 Å². The number of aromatic nitrogens is 1. The van der Waals surface area contributed by atoms with Crippen molar-refractivity contribution in [2.75, 3.05) is 51.4 Å². The lowest BCUT2D eigenvalue weighted by atomic mass is 10.3. The quantitative estimate of drug-likeness (QED) is 0.537. The molecule has 0 bridgehead atoms. The van der Waals surface area contributed by atoms with Crippen LogP contribution in [-0.4, -0.2) is 62.3 Å². The van der Waals surface area contributed by atoms with Crippen molar-refractivity contribution < 1.29 is 14.3 Å². The van der Waals surface area contributed by atoms with Crippen molar-refractivity contribution in [1.29, 1.82) is 0 Å². The zero-order valence-electron chi connectivity index (χ0n) is 16.2. The minimum absolute atomic E-state index is 0. The fourth-order valence-electron chi connectivity index (χ4n) is 3.23. The Balaban J connectivity index is 0.00000240. The zero-order chi connectivity index (χ0) is 19.3. The second-order valence-electron chi connectivity index (χ2n) is 6.57. The number of anilines is 1. The van der Waals surface area contributed by atoms with Crippen LogP contribution in [0.1, 0.15) is 16.1 Å². The molecule has 1 saturated heterocycles. The van der Waals surface area contributed by atoms with Crippen LogP contribution in [0.3, 0.4) is 0 Å². The van der Waals surface area contributed by atoms with Crippen LogP contribution in [0.25, 0.3) is 10.2 Å². The number of ether oxygens (including phenoxy) is 2. The highest BCUT2D eigenvalue weighted by Gasteiger charge is 2.22. The highest BCUT2D eigenvalue weighted by molar-refractivity contribution is 7.22. The number of carbonyl (C=O) groups is 1. The monoisotopic (exact) mass is 453 g/mol. The maximum atomic E-state index is 13.1. The number of methoxy groups -OCH3 is 1. The fourth-order valence-corrected chi connectivity index (χ4v) is 4.87. The Morgan fingerprint density at radius 3 is 2.86 bits per heavy atom. The van der Waals surface area contributed by atoms with Crippen molar-refractivity contribution in [3.8, 4) is 5.75 Å². The molecular weight excluding hydrogens is 430 g/mol. The number of fused-ring (bicyclic) bond motifs is 1. The van der Waals surface area contributed by atoms with Gasteiger partial charge in [-0.25, -0.2) is 4.98 Å². The van der Waals surface area contributed by atoms with Gasteiger partial charge in [0.25, 0.3) is 5.91 Å². The molecule has 0 radical (unpaired) electrons. The lowest BCUT2D eigenvalue weighted by molar-refractivity contribution is 0.0376. The summed E-state index contributed by atoms with van der Waals surface area (Å²) in [6.07, 6.45) is 0.899. The van der Waals surface area contributed by atoms with Crippen molar-refractivity contribution in [2.45, 2.75) is 6.42 Å². The number of rotatable bonds is 7. The SMILES string of the molecule is COc1ccc2sc(N(CCCN3CCOCC3)C(=O)c3cccs3)nc2c1.Cl. The molecule has 3 heterocycles. The molecule has 0 unspecified atom stereocenters. The molecule has 29 heavy (non-hydrogen) atoms. The first-order valence-electron chi connectivity index (χ1n) is 9.34. The van der Waals surface area contributed by atoms with Gasteiger partial charge >= 0.3 is 0 Å². The molecule has 0 N–H and O–H groups in total. The lowest BCUT2D eigenvalue weighted by Crippen LogP contribution is -2.39. The second-order valence-corrected chi connectivity index (χ2v) is 8.53. The number of benzene rings is 1. The summed E-state index contributed by atoms with van der Waals surface area (Å²) in [5.41, 5.74) is 0.858. The van der Waals surface area contributed by atoms with E-state index in [9.17, 15) is 4.79 Å². The molecule has 156 valence electrons. The number of amides is 1. The molecule has 6 nitrogen and oxygen atoms in total. The summed E-state index contributed by atoms with van der Waals surface area (Å²) in [4.78, 5) is 22.8. The number of hydrogen-bond acceptors (Lipinski definition) is 7. The molecule has 1 aromatic carbocycles. The smallest absolute Gasteiger partial charge is 0.270 e.